The number of nitrogens with zero attached hydrogens (tertiary/aromatic N) is 1. The van der Waals surface area contributed by atoms with Crippen LogP contribution in [0.25, 0.3) is 0 Å². The first-order valence-corrected chi connectivity index (χ1v) is 9.75. The normalized spacial score (nSPS) is 24.8. The standard InChI is InChI=1S/C13H27N3O2S2/c1-12(2,20(5,17)18)9-15-11(14-4)16-10-13(3)7-6-8-19-13/h6-10H2,1-5H3,(H2,14,15,16). The lowest BCUT2D eigenvalue weighted by atomic mass is 10.1. The van der Waals surface area contributed by atoms with Crippen molar-refractivity contribution in [2.75, 3.05) is 32.1 Å². The maximum Gasteiger partial charge on any atom is 0.191 e. The van der Waals surface area contributed by atoms with Gasteiger partial charge in [0.2, 0.25) is 0 Å². The summed E-state index contributed by atoms with van der Waals surface area (Å²) in [5.41, 5.74) is 0. The second kappa shape index (κ2) is 6.56. The number of guanidine groups is 1. The number of hydrogen-bond acceptors (Lipinski definition) is 4. The molecule has 0 aromatic carbocycles. The van der Waals surface area contributed by atoms with Crippen LogP contribution in [0.4, 0.5) is 0 Å². The Morgan fingerprint density at radius 3 is 2.50 bits per heavy atom. The molecule has 1 atom stereocenters. The van der Waals surface area contributed by atoms with E-state index in [2.05, 4.69) is 22.5 Å². The van der Waals surface area contributed by atoms with E-state index in [1.54, 1.807) is 20.9 Å². The minimum absolute atomic E-state index is 0.254. The summed E-state index contributed by atoms with van der Waals surface area (Å²) < 4.78 is 22.8. The van der Waals surface area contributed by atoms with E-state index >= 15 is 0 Å². The van der Waals surface area contributed by atoms with Crippen LogP contribution in [0.2, 0.25) is 0 Å². The molecule has 0 bridgehead atoms. The number of rotatable bonds is 5. The zero-order chi connectivity index (χ0) is 15.4. The van der Waals surface area contributed by atoms with Crippen molar-refractivity contribution in [3.63, 3.8) is 0 Å². The molecule has 7 heteroatoms. The lowest BCUT2D eigenvalue weighted by molar-refractivity contribution is 0.541. The maximum atomic E-state index is 11.7. The highest BCUT2D eigenvalue weighted by Crippen LogP contribution is 2.36. The first-order valence-electron chi connectivity index (χ1n) is 6.88. The fourth-order valence-corrected chi connectivity index (χ4v) is 3.47. The van der Waals surface area contributed by atoms with Gasteiger partial charge < -0.3 is 10.6 Å². The van der Waals surface area contributed by atoms with Crippen molar-refractivity contribution < 1.29 is 8.42 Å². The molecule has 5 nitrogen and oxygen atoms in total. The van der Waals surface area contributed by atoms with Gasteiger partial charge in [-0.15, -0.1) is 0 Å². The largest absolute Gasteiger partial charge is 0.355 e. The van der Waals surface area contributed by atoms with Gasteiger partial charge in [0.05, 0.1) is 4.75 Å². The molecule has 0 aliphatic carbocycles. The third kappa shape index (κ3) is 4.84. The monoisotopic (exact) mass is 321 g/mol. The van der Waals surface area contributed by atoms with E-state index in [0.29, 0.717) is 12.5 Å². The molecule has 1 aliphatic heterocycles. The summed E-state index contributed by atoms with van der Waals surface area (Å²) in [5, 5.41) is 6.41. The van der Waals surface area contributed by atoms with Crippen molar-refractivity contribution in [3.8, 4) is 0 Å². The predicted molar refractivity (Wildman–Crippen MR) is 88.4 cm³/mol. The number of nitrogens with one attached hydrogen (secondary N) is 2. The van der Waals surface area contributed by atoms with Gasteiger partial charge in [-0.1, -0.05) is 0 Å². The molecule has 118 valence electrons. The molecule has 2 N–H and O–H groups in total. The van der Waals surface area contributed by atoms with Gasteiger partial charge in [0.1, 0.15) is 0 Å². The van der Waals surface area contributed by atoms with Crippen LogP contribution >= 0.6 is 11.8 Å². The highest BCUT2D eigenvalue weighted by Gasteiger charge is 2.31. The molecule has 0 spiro atoms. The van der Waals surface area contributed by atoms with Crippen LogP contribution in [-0.4, -0.2) is 56.0 Å². The van der Waals surface area contributed by atoms with E-state index in [1.165, 1.54) is 24.9 Å². The topological polar surface area (TPSA) is 70.6 Å². The second-order valence-corrected chi connectivity index (χ2v) is 10.5. The summed E-state index contributed by atoms with van der Waals surface area (Å²) in [6.07, 6.45) is 3.73. The summed E-state index contributed by atoms with van der Waals surface area (Å²) in [5.74, 6) is 1.88. The van der Waals surface area contributed by atoms with Gasteiger partial charge >= 0.3 is 0 Å². The second-order valence-electron chi connectivity index (χ2n) is 6.21. The van der Waals surface area contributed by atoms with Crippen molar-refractivity contribution in [1.82, 2.24) is 10.6 Å². The Kier molecular flexibility index (Phi) is 5.78. The zero-order valence-corrected chi connectivity index (χ0v) is 14.7. The highest BCUT2D eigenvalue weighted by atomic mass is 32.2. The van der Waals surface area contributed by atoms with Gasteiger partial charge in [-0.2, -0.15) is 11.8 Å². The molecule has 0 aromatic rings. The Hall–Kier alpha value is -0.430. The molecule has 1 saturated heterocycles. The van der Waals surface area contributed by atoms with Gasteiger partial charge in [-0.3, -0.25) is 4.99 Å². The Balaban J connectivity index is 2.49. The minimum Gasteiger partial charge on any atom is -0.355 e. The Labute approximate surface area is 127 Å². The SMILES string of the molecule is CN=C(NCC1(C)CCCS1)NCC(C)(C)S(C)(=O)=O. The summed E-state index contributed by atoms with van der Waals surface area (Å²) in [4.78, 5) is 4.16. The van der Waals surface area contributed by atoms with Crippen molar-refractivity contribution in [1.29, 1.82) is 0 Å². The zero-order valence-electron chi connectivity index (χ0n) is 13.1. The molecule has 0 radical (unpaired) electrons. The molecule has 1 rings (SSSR count). The minimum atomic E-state index is -3.10. The number of aliphatic imine (C=N–C) groups is 1. The van der Waals surface area contributed by atoms with Gasteiger partial charge in [-0.25, -0.2) is 8.42 Å². The Morgan fingerprint density at radius 2 is 2.05 bits per heavy atom. The van der Waals surface area contributed by atoms with Crippen LogP contribution < -0.4 is 10.6 Å². The quantitative estimate of drug-likeness (QED) is 0.589. The van der Waals surface area contributed by atoms with Gasteiger partial charge in [0.15, 0.2) is 15.8 Å². The predicted octanol–water partition coefficient (Wildman–Crippen LogP) is 1.26. The molecule has 20 heavy (non-hydrogen) atoms. The lowest BCUT2D eigenvalue weighted by Gasteiger charge is -2.27. The van der Waals surface area contributed by atoms with E-state index < -0.39 is 14.6 Å². The molecular weight excluding hydrogens is 294 g/mol. The number of sulfone groups is 1. The van der Waals surface area contributed by atoms with E-state index in [0.717, 1.165) is 6.54 Å². The van der Waals surface area contributed by atoms with Crippen LogP contribution in [0.1, 0.15) is 33.6 Å². The molecule has 0 aromatic heterocycles. The number of thioether (sulfide) groups is 1. The van der Waals surface area contributed by atoms with Crippen LogP contribution in [0.3, 0.4) is 0 Å². The van der Waals surface area contributed by atoms with Crippen LogP contribution in [0.5, 0.6) is 0 Å². The average molecular weight is 322 g/mol. The Bertz CT molecular complexity index is 452. The van der Waals surface area contributed by atoms with Crippen LogP contribution in [0.15, 0.2) is 4.99 Å². The van der Waals surface area contributed by atoms with E-state index in [4.69, 9.17) is 0 Å². The van der Waals surface area contributed by atoms with E-state index in [9.17, 15) is 8.42 Å². The fraction of sp³-hybridized carbons (Fsp3) is 0.923. The molecule has 1 heterocycles. The van der Waals surface area contributed by atoms with E-state index in [1.807, 2.05) is 11.8 Å². The third-order valence-electron chi connectivity index (χ3n) is 3.84. The Morgan fingerprint density at radius 1 is 1.40 bits per heavy atom. The molecule has 1 aliphatic rings. The first kappa shape index (κ1) is 17.6. The van der Waals surface area contributed by atoms with Gasteiger partial charge in [0.25, 0.3) is 0 Å². The summed E-state index contributed by atoms with van der Waals surface area (Å²) >= 11 is 1.98. The average Bonchev–Trinajstić information content (AvgIpc) is 2.75. The summed E-state index contributed by atoms with van der Waals surface area (Å²) in [6, 6.07) is 0. The smallest absolute Gasteiger partial charge is 0.191 e. The first-order chi connectivity index (χ1) is 9.10. The molecule has 1 unspecified atom stereocenters. The molecule has 0 saturated carbocycles. The van der Waals surface area contributed by atoms with Crippen molar-refractivity contribution in [3.05, 3.63) is 0 Å². The van der Waals surface area contributed by atoms with E-state index in [-0.39, 0.29) is 4.75 Å². The maximum absolute atomic E-state index is 11.7. The van der Waals surface area contributed by atoms with Gasteiger partial charge in [0, 0.05) is 31.1 Å². The summed E-state index contributed by atoms with van der Waals surface area (Å²) in [6.45, 7) is 6.88. The third-order valence-corrected chi connectivity index (χ3v) is 7.53. The van der Waals surface area contributed by atoms with Gasteiger partial charge in [-0.05, 0) is 39.4 Å². The van der Waals surface area contributed by atoms with Crippen molar-refractivity contribution >= 4 is 27.6 Å². The summed E-state index contributed by atoms with van der Waals surface area (Å²) in [7, 11) is -1.40. The molecule has 0 amide bonds. The van der Waals surface area contributed by atoms with Crippen molar-refractivity contribution in [2.45, 2.75) is 43.1 Å². The van der Waals surface area contributed by atoms with Crippen LogP contribution in [0, 0.1) is 0 Å². The lowest BCUT2D eigenvalue weighted by Crippen LogP contribution is -2.49. The molecular formula is C13H27N3O2S2. The van der Waals surface area contributed by atoms with Crippen LogP contribution in [-0.2, 0) is 9.84 Å². The molecule has 1 fully saturated rings. The van der Waals surface area contributed by atoms with Crippen molar-refractivity contribution in [2.24, 2.45) is 4.99 Å². The fourth-order valence-electron chi connectivity index (χ4n) is 1.90. The number of hydrogen-bond donors (Lipinski definition) is 2. The highest BCUT2D eigenvalue weighted by molar-refractivity contribution is 8.00.